The molecule has 3 aromatic rings. The van der Waals surface area contributed by atoms with Crippen molar-refractivity contribution in [2.24, 2.45) is 5.92 Å². The van der Waals surface area contributed by atoms with Crippen LogP contribution in [0.1, 0.15) is 34.3 Å². The second kappa shape index (κ2) is 13.0. The second-order valence-electron chi connectivity index (χ2n) is 9.56. The molecule has 1 aromatic heterocycles. The van der Waals surface area contributed by atoms with Gasteiger partial charge in [0.1, 0.15) is 11.9 Å². The van der Waals surface area contributed by atoms with E-state index >= 15 is 0 Å². The Labute approximate surface area is 233 Å². The zero-order valence-electron chi connectivity index (χ0n) is 21.6. The third kappa shape index (κ3) is 7.20. The zero-order chi connectivity index (χ0) is 27.1. The minimum absolute atomic E-state index is 0.198. The molecule has 4 rings (SSSR count). The van der Waals surface area contributed by atoms with Crippen LogP contribution in [0.25, 0.3) is 0 Å². The largest absolute Gasteiger partial charge is 0.480 e. The Hall–Kier alpha value is -3.23. The van der Waals surface area contributed by atoms with Crippen LogP contribution in [0, 0.1) is 12.8 Å². The molecule has 1 atom stereocenters. The SMILES string of the molecule is CSc1cc(Cl)cc(C)c1C(=O)NC(Cc1ccc(N2CCC(CNc3ccccn3)CC2)cc1)C(=O)O. The summed E-state index contributed by atoms with van der Waals surface area (Å²) in [7, 11) is 0. The molecule has 3 N–H and O–H groups in total. The summed E-state index contributed by atoms with van der Waals surface area (Å²) in [6.07, 6.45) is 6.04. The summed E-state index contributed by atoms with van der Waals surface area (Å²) in [5.74, 6) is 0.0341. The number of halogens is 1. The maximum absolute atomic E-state index is 13.0. The number of carbonyl (C=O) groups excluding carboxylic acids is 1. The number of anilines is 2. The van der Waals surface area contributed by atoms with Crippen LogP contribution in [0.4, 0.5) is 11.5 Å². The first-order chi connectivity index (χ1) is 18.3. The Bertz CT molecular complexity index is 1250. The van der Waals surface area contributed by atoms with E-state index in [0.29, 0.717) is 22.1 Å². The van der Waals surface area contributed by atoms with Gasteiger partial charge in [0.15, 0.2) is 0 Å². The third-order valence-electron chi connectivity index (χ3n) is 6.91. The fraction of sp³-hybridized carbons (Fsp3) is 0.345. The number of nitrogens with zero attached hydrogens (tertiary/aromatic N) is 2. The Kier molecular flexibility index (Phi) is 9.53. The lowest BCUT2D eigenvalue weighted by Crippen LogP contribution is -2.42. The Morgan fingerprint density at radius 3 is 2.53 bits per heavy atom. The average Bonchev–Trinajstić information content (AvgIpc) is 2.92. The summed E-state index contributed by atoms with van der Waals surface area (Å²) in [5, 5.41) is 16.5. The predicted molar refractivity (Wildman–Crippen MR) is 155 cm³/mol. The number of nitrogens with one attached hydrogen (secondary N) is 2. The molecule has 9 heteroatoms. The summed E-state index contributed by atoms with van der Waals surface area (Å²) in [6, 6.07) is 16.3. The van der Waals surface area contributed by atoms with E-state index in [1.807, 2.05) is 48.7 Å². The van der Waals surface area contributed by atoms with Crippen molar-refractivity contribution in [3.05, 3.63) is 82.5 Å². The Morgan fingerprint density at radius 1 is 1.16 bits per heavy atom. The van der Waals surface area contributed by atoms with Crippen molar-refractivity contribution < 1.29 is 14.7 Å². The number of hydrogen-bond acceptors (Lipinski definition) is 6. The minimum Gasteiger partial charge on any atom is -0.480 e. The predicted octanol–water partition coefficient (Wildman–Crippen LogP) is 5.52. The van der Waals surface area contributed by atoms with Crippen LogP contribution in [0.5, 0.6) is 0 Å². The molecule has 0 saturated carbocycles. The van der Waals surface area contributed by atoms with Gasteiger partial charge in [-0.15, -0.1) is 11.8 Å². The van der Waals surface area contributed by atoms with Gasteiger partial charge in [0, 0.05) is 47.9 Å². The van der Waals surface area contributed by atoms with Gasteiger partial charge in [-0.05, 0) is 79.5 Å². The number of carboxylic acids is 1. The number of aliphatic carboxylic acids is 1. The number of rotatable bonds is 10. The van der Waals surface area contributed by atoms with Crippen LogP contribution in [0.3, 0.4) is 0 Å². The fourth-order valence-electron chi connectivity index (χ4n) is 4.78. The molecule has 0 aliphatic carbocycles. The summed E-state index contributed by atoms with van der Waals surface area (Å²) < 4.78 is 0. The molecule has 200 valence electrons. The Morgan fingerprint density at radius 2 is 1.89 bits per heavy atom. The van der Waals surface area contributed by atoms with Gasteiger partial charge in [0.25, 0.3) is 5.91 Å². The molecule has 0 bridgehead atoms. The van der Waals surface area contributed by atoms with Crippen molar-refractivity contribution >= 4 is 46.7 Å². The van der Waals surface area contributed by atoms with Gasteiger partial charge in [0.05, 0.1) is 5.56 Å². The summed E-state index contributed by atoms with van der Waals surface area (Å²) in [4.78, 5) is 32.4. The van der Waals surface area contributed by atoms with Crippen molar-refractivity contribution in [1.29, 1.82) is 0 Å². The highest BCUT2D eigenvalue weighted by Gasteiger charge is 2.24. The van der Waals surface area contributed by atoms with Crippen LogP contribution in [-0.4, -0.2) is 53.9 Å². The van der Waals surface area contributed by atoms with Crippen molar-refractivity contribution in [2.45, 2.75) is 37.1 Å². The van der Waals surface area contributed by atoms with Crippen molar-refractivity contribution in [3.8, 4) is 0 Å². The molecular formula is C29H33ClN4O3S. The molecule has 1 saturated heterocycles. The van der Waals surface area contributed by atoms with Crippen LogP contribution >= 0.6 is 23.4 Å². The number of piperidine rings is 1. The molecule has 1 fully saturated rings. The van der Waals surface area contributed by atoms with Gasteiger partial charge in [0.2, 0.25) is 0 Å². The fourth-order valence-corrected chi connectivity index (χ4v) is 5.83. The molecule has 1 unspecified atom stereocenters. The molecule has 1 aliphatic rings. The monoisotopic (exact) mass is 552 g/mol. The first kappa shape index (κ1) is 27.8. The summed E-state index contributed by atoms with van der Waals surface area (Å²) >= 11 is 7.54. The number of carbonyl (C=O) groups is 2. The maximum atomic E-state index is 13.0. The molecule has 7 nitrogen and oxygen atoms in total. The molecule has 38 heavy (non-hydrogen) atoms. The quantitative estimate of drug-likeness (QED) is 0.285. The van der Waals surface area contributed by atoms with Crippen LogP contribution in [0.2, 0.25) is 5.02 Å². The molecule has 2 heterocycles. The number of aryl methyl sites for hydroxylation is 1. The van der Waals surface area contributed by atoms with E-state index in [0.717, 1.165) is 54.4 Å². The van der Waals surface area contributed by atoms with Gasteiger partial charge in [-0.25, -0.2) is 9.78 Å². The van der Waals surface area contributed by atoms with E-state index in [1.165, 1.54) is 11.8 Å². The van der Waals surface area contributed by atoms with E-state index in [4.69, 9.17) is 11.6 Å². The lowest BCUT2D eigenvalue weighted by atomic mass is 9.96. The molecule has 1 amide bonds. The average molecular weight is 553 g/mol. The van der Waals surface area contributed by atoms with E-state index in [1.54, 1.807) is 25.3 Å². The standard InChI is InChI=1S/C29H33ClN4O3S/c1-19-15-22(30)17-25(38-2)27(19)28(35)33-24(29(36)37)16-20-6-8-23(9-7-20)34-13-10-21(11-14-34)18-32-26-5-3-4-12-31-26/h3-9,12,15,17,21,24H,10-11,13-14,16,18H2,1-2H3,(H,31,32)(H,33,35)(H,36,37). The summed E-state index contributed by atoms with van der Waals surface area (Å²) in [5.41, 5.74) is 3.15. The van der Waals surface area contributed by atoms with Crippen molar-refractivity contribution in [1.82, 2.24) is 10.3 Å². The molecule has 0 spiro atoms. The van der Waals surface area contributed by atoms with Gasteiger partial charge in [-0.3, -0.25) is 4.79 Å². The molecule has 1 aliphatic heterocycles. The van der Waals surface area contributed by atoms with Crippen molar-refractivity contribution in [2.75, 3.05) is 36.1 Å². The van der Waals surface area contributed by atoms with Crippen LogP contribution in [0.15, 0.2) is 65.7 Å². The molecule has 0 radical (unpaired) electrons. The number of pyridine rings is 1. The van der Waals surface area contributed by atoms with E-state index in [9.17, 15) is 14.7 Å². The lowest BCUT2D eigenvalue weighted by Gasteiger charge is -2.34. The Balaban J connectivity index is 1.32. The lowest BCUT2D eigenvalue weighted by molar-refractivity contribution is -0.139. The number of benzene rings is 2. The number of thioether (sulfide) groups is 1. The number of aromatic nitrogens is 1. The van der Waals surface area contributed by atoms with Gasteiger partial charge in [-0.2, -0.15) is 0 Å². The molecular weight excluding hydrogens is 520 g/mol. The first-order valence-corrected chi connectivity index (χ1v) is 14.3. The van der Waals surface area contributed by atoms with E-state index < -0.39 is 17.9 Å². The zero-order valence-corrected chi connectivity index (χ0v) is 23.2. The highest BCUT2D eigenvalue weighted by molar-refractivity contribution is 7.98. The van der Waals surface area contributed by atoms with Gasteiger partial charge in [-0.1, -0.05) is 29.8 Å². The number of amides is 1. The normalized spacial score (nSPS) is 14.7. The highest BCUT2D eigenvalue weighted by Crippen LogP contribution is 2.28. The second-order valence-corrected chi connectivity index (χ2v) is 10.8. The summed E-state index contributed by atoms with van der Waals surface area (Å²) in [6.45, 7) is 4.66. The molecule has 2 aromatic carbocycles. The van der Waals surface area contributed by atoms with Crippen molar-refractivity contribution in [3.63, 3.8) is 0 Å². The van der Waals surface area contributed by atoms with Gasteiger partial charge >= 0.3 is 5.97 Å². The maximum Gasteiger partial charge on any atom is 0.326 e. The minimum atomic E-state index is -1.07. The third-order valence-corrected chi connectivity index (χ3v) is 7.89. The smallest absolute Gasteiger partial charge is 0.326 e. The highest BCUT2D eigenvalue weighted by atomic mass is 35.5. The first-order valence-electron chi connectivity index (χ1n) is 12.7. The van der Waals surface area contributed by atoms with E-state index in [-0.39, 0.29) is 6.42 Å². The van der Waals surface area contributed by atoms with Crippen LogP contribution in [-0.2, 0) is 11.2 Å². The van der Waals surface area contributed by atoms with E-state index in [2.05, 4.69) is 20.5 Å². The number of carboxylic acid groups (broad SMARTS) is 1. The van der Waals surface area contributed by atoms with Gasteiger partial charge < -0.3 is 20.6 Å². The topological polar surface area (TPSA) is 94.6 Å². The van der Waals surface area contributed by atoms with Crippen LogP contribution < -0.4 is 15.5 Å². The number of hydrogen-bond donors (Lipinski definition) is 3.